The number of aromatic nitrogens is 1. The lowest BCUT2D eigenvalue weighted by atomic mass is 9.95. The number of hydrazone groups is 1. The van der Waals surface area contributed by atoms with Crippen LogP contribution in [0.5, 0.6) is 11.5 Å². The Morgan fingerprint density at radius 2 is 2.09 bits per heavy atom. The maximum atomic E-state index is 12.5. The highest BCUT2D eigenvalue weighted by Gasteiger charge is 2.32. The van der Waals surface area contributed by atoms with Gasteiger partial charge in [0.05, 0.1) is 31.5 Å². The molecule has 0 saturated heterocycles. The molecule has 3 N–H and O–H groups in total. The number of nitrogens with zero attached hydrogens (tertiary/aromatic N) is 2. The molecule has 0 bridgehead atoms. The lowest BCUT2D eigenvalue weighted by Crippen LogP contribution is -2.45. The Morgan fingerprint density at radius 3 is 2.79 bits per heavy atom. The number of carbonyl (C=O) groups excluding carboxylic acids is 3. The zero-order valence-corrected chi connectivity index (χ0v) is 19.0. The molecule has 34 heavy (non-hydrogen) atoms. The lowest BCUT2D eigenvalue weighted by Gasteiger charge is -2.28. The summed E-state index contributed by atoms with van der Waals surface area (Å²) in [5.41, 5.74) is 4.36. The molecule has 11 nitrogen and oxygen atoms in total. The predicted molar refractivity (Wildman–Crippen MR) is 122 cm³/mol. The summed E-state index contributed by atoms with van der Waals surface area (Å²) >= 11 is 0. The van der Waals surface area contributed by atoms with Gasteiger partial charge >= 0.3 is 12.0 Å². The standard InChI is InChI=1S/C23H25N5O6/c1-4-33-22(30)20-14(2)26-23(31)27-21(20)16-7-8-17(18(10-16)32-3)34-13-19(29)28-25-12-15-6-5-9-24-11-15/h5-12,21H,4,13H2,1-3H3,(H,28,29)(H2,26,27,31)/b25-12+. The Bertz CT molecular complexity index is 1120. The summed E-state index contributed by atoms with van der Waals surface area (Å²) in [4.78, 5) is 40.5. The average molecular weight is 467 g/mol. The number of carbonyl (C=O) groups is 3. The molecule has 1 aliphatic rings. The number of esters is 1. The average Bonchev–Trinajstić information content (AvgIpc) is 2.83. The van der Waals surface area contributed by atoms with Crippen molar-refractivity contribution >= 4 is 24.1 Å². The number of urea groups is 1. The normalized spacial score (nSPS) is 15.4. The van der Waals surface area contributed by atoms with Gasteiger partial charge in [0.15, 0.2) is 18.1 Å². The molecular weight excluding hydrogens is 442 g/mol. The van der Waals surface area contributed by atoms with E-state index in [1.807, 2.05) is 0 Å². The maximum absolute atomic E-state index is 12.5. The molecule has 0 spiro atoms. The van der Waals surface area contributed by atoms with Gasteiger partial charge in [-0.15, -0.1) is 0 Å². The first kappa shape index (κ1) is 24.2. The first-order valence-corrected chi connectivity index (χ1v) is 10.4. The molecule has 178 valence electrons. The van der Waals surface area contributed by atoms with Crippen molar-refractivity contribution in [2.24, 2.45) is 5.10 Å². The van der Waals surface area contributed by atoms with Gasteiger partial charge in [-0.2, -0.15) is 5.10 Å². The second-order valence-electron chi connectivity index (χ2n) is 7.07. The van der Waals surface area contributed by atoms with Crippen molar-refractivity contribution in [1.82, 2.24) is 21.0 Å². The monoisotopic (exact) mass is 467 g/mol. The number of hydrogen-bond acceptors (Lipinski definition) is 8. The number of benzene rings is 1. The van der Waals surface area contributed by atoms with Crippen molar-refractivity contribution in [3.63, 3.8) is 0 Å². The second-order valence-corrected chi connectivity index (χ2v) is 7.07. The molecule has 2 heterocycles. The number of allylic oxidation sites excluding steroid dienone is 1. The van der Waals surface area contributed by atoms with Crippen LogP contribution in [-0.4, -0.2) is 49.4 Å². The van der Waals surface area contributed by atoms with Crippen LogP contribution in [-0.2, 0) is 14.3 Å². The molecule has 3 rings (SSSR count). The number of pyridine rings is 1. The highest BCUT2D eigenvalue weighted by Crippen LogP contribution is 2.34. The molecule has 1 aliphatic heterocycles. The molecule has 2 aromatic rings. The van der Waals surface area contributed by atoms with Crippen molar-refractivity contribution in [3.05, 3.63) is 65.1 Å². The fourth-order valence-electron chi connectivity index (χ4n) is 3.21. The van der Waals surface area contributed by atoms with Gasteiger partial charge in [-0.05, 0) is 37.6 Å². The van der Waals surface area contributed by atoms with Crippen LogP contribution < -0.4 is 25.5 Å². The van der Waals surface area contributed by atoms with Crippen molar-refractivity contribution in [2.75, 3.05) is 20.3 Å². The first-order valence-electron chi connectivity index (χ1n) is 10.4. The zero-order valence-electron chi connectivity index (χ0n) is 19.0. The quantitative estimate of drug-likeness (QED) is 0.290. The summed E-state index contributed by atoms with van der Waals surface area (Å²) in [5.74, 6) is -0.394. The lowest BCUT2D eigenvalue weighted by molar-refractivity contribution is -0.139. The third kappa shape index (κ3) is 6.09. The summed E-state index contributed by atoms with van der Waals surface area (Å²) < 4.78 is 16.1. The third-order valence-corrected chi connectivity index (χ3v) is 4.73. The first-order chi connectivity index (χ1) is 16.4. The molecule has 0 fully saturated rings. The summed E-state index contributed by atoms with van der Waals surface area (Å²) in [5, 5.41) is 9.16. The van der Waals surface area contributed by atoms with Crippen molar-refractivity contribution in [2.45, 2.75) is 19.9 Å². The largest absolute Gasteiger partial charge is 0.493 e. The molecule has 1 atom stereocenters. The van der Waals surface area contributed by atoms with E-state index in [1.165, 1.54) is 13.3 Å². The van der Waals surface area contributed by atoms with Crippen LogP contribution in [0.2, 0.25) is 0 Å². The Labute approximate surface area is 196 Å². The maximum Gasteiger partial charge on any atom is 0.338 e. The van der Waals surface area contributed by atoms with Crippen LogP contribution in [0.3, 0.4) is 0 Å². The minimum atomic E-state index is -0.749. The van der Waals surface area contributed by atoms with Crippen LogP contribution in [0.25, 0.3) is 0 Å². The van der Waals surface area contributed by atoms with Gasteiger partial charge in [-0.1, -0.05) is 12.1 Å². The second kappa shape index (κ2) is 11.5. The Hall–Kier alpha value is -4.41. The molecule has 0 radical (unpaired) electrons. The van der Waals surface area contributed by atoms with Gasteiger partial charge in [-0.25, -0.2) is 15.0 Å². The van der Waals surface area contributed by atoms with Crippen LogP contribution >= 0.6 is 0 Å². The van der Waals surface area contributed by atoms with Crippen molar-refractivity contribution < 1.29 is 28.6 Å². The highest BCUT2D eigenvalue weighted by atomic mass is 16.5. The van der Waals surface area contributed by atoms with E-state index in [-0.39, 0.29) is 18.8 Å². The summed E-state index contributed by atoms with van der Waals surface area (Å²) in [6.45, 7) is 3.22. The number of nitrogens with one attached hydrogen (secondary N) is 3. The van der Waals surface area contributed by atoms with E-state index >= 15 is 0 Å². The molecule has 3 amide bonds. The van der Waals surface area contributed by atoms with Crippen LogP contribution in [0.1, 0.15) is 31.0 Å². The number of rotatable bonds is 9. The number of methoxy groups -OCH3 is 1. The highest BCUT2D eigenvalue weighted by molar-refractivity contribution is 5.95. The van der Waals surface area contributed by atoms with E-state index in [4.69, 9.17) is 14.2 Å². The zero-order chi connectivity index (χ0) is 24.5. The SMILES string of the molecule is CCOC(=O)C1=C(C)NC(=O)NC1c1ccc(OCC(=O)N/N=C/c2cccnc2)c(OC)c1. The topological polar surface area (TPSA) is 140 Å². The summed E-state index contributed by atoms with van der Waals surface area (Å²) in [6, 6.07) is 7.23. The van der Waals surface area contributed by atoms with Crippen molar-refractivity contribution in [1.29, 1.82) is 0 Å². The third-order valence-electron chi connectivity index (χ3n) is 4.73. The van der Waals surface area contributed by atoms with Crippen LogP contribution in [0, 0.1) is 0 Å². The fraction of sp³-hybridized carbons (Fsp3) is 0.261. The van der Waals surface area contributed by atoms with E-state index < -0.39 is 23.9 Å². The Kier molecular flexibility index (Phi) is 8.16. The van der Waals surface area contributed by atoms with E-state index in [2.05, 4.69) is 26.1 Å². The summed E-state index contributed by atoms with van der Waals surface area (Å²) in [6.07, 6.45) is 4.70. The van der Waals surface area contributed by atoms with Gasteiger partial charge in [0.2, 0.25) is 0 Å². The van der Waals surface area contributed by atoms with Crippen molar-refractivity contribution in [3.8, 4) is 11.5 Å². The van der Waals surface area contributed by atoms with Gasteiger partial charge in [0, 0.05) is 23.7 Å². The molecule has 0 saturated carbocycles. The summed E-state index contributed by atoms with van der Waals surface area (Å²) in [7, 11) is 1.44. The predicted octanol–water partition coefficient (Wildman–Crippen LogP) is 1.81. The van der Waals surface area contributed by atoms with E-state index in [9.17, 15) is 14.4 Å². The van der Waals surface area contributed by atoms with Gasteiger partial charge in [-0.3, -0.25) is 9.78 Å². The molecule has 1 aromatic carbocycles. The van der Waals surface area contributed by atoms with E-state index in [1.54, 1.807) is 56.6 Å². The molecule has 0 aliphatic carbocycles. The minimum absolute atomic E-state index is 0.195. The molecule has 11 heteroatoms. The smallest absolute Gasteiger partial charge is 0.338 e. The fourth-order valence-corrected chi connectivity index (χ4v) is 3.21. The number of amides is 3. The molecular formula is C23H25N5O6. The van der Waals surface area contributed by atoms with Crippen LogP contribution in [0.4, 0.5) is 4.79 Å². The minimum Gasteiger partial charge on any atom is -0.493 e. The van der Waals surface area contributed by atoms with Gasteiger partial charge < -0.3 is 24.8 Å². The van der Waals surface area contributed by atoms with E-state index in [0.717, 1.165) is 5.56 Å². The number of hydrogen-bond donors (Lipinski definition) is 3. The Morgan fingerprint density at radius 1 is 1.26 bits per heavy atom. The molecule has 1 unspecified atom stereocenters. The van der Waals surface area contributed by atoms with Gasteiger partial charge in [0.25, 0.3) is 5.91 Å². The van der Waals surface area contributed by atoms with Crippen LogP contribution in [0.15, 0.2) is 59.1 Å². The Balaban J connectivity index is 1.70. The number of ether oxygens (including phenoxy) is 3. The van der Waals surface area contributed by atoms with E-state index in [0.29, 0.717) is 22.8 Å². The van der Waals surface area contributed by atoms with Gasteiger partial charge in [0.1, 0.15) is 0 Å². The molecule has 1 aromatic heterocycles.